The molecule has 0 spiro atoms. The summed E-state index contributed by atoms with van der Waals surface area (Å²) in [4.78, 5) is 0. The van der Waals surface area contributed by atoms with E-state index in [-0.39, 0.29) is 6.54 Å². The third kappa shape index (κ3) is 8.50. The van der Waals surface area contributed by atoms with Gasteiger partial charge in [-0.1, -0.05) is 0 Å². The minimum Gasteiger partial charge on any atom is -0.382 e. The van der Waals surface area contributed by atoms with Gasteiger partial charge in [-0.05, 0) is 19.8 Å². The maximum absolute atomic E-state index is 11.5. The maximum atomic E-state index is 11.5. The Hall–Kier alpha value is -0.210. The lowest BCUT2D eigenvalue weighted by atomic mass is 10.3. The highest BCUT2D eigenvalue weighted by Gasteiger charge is 2.17. The van der Waals surface area contributed by atoms with Crippen LogP contribution < -0.4 is 10.5 Å². The van der Waals surface area contributed by atoms with Crippen LogP contribution in [0.15, 0.2) is 0 Å². The minimum atomic E-state index is -3.25. The van der Waals surface area contributed by atoms with Crippen molar-refractivity contribution in [3.63, 3.8) is 0 Å². The SMILES string of the molecule is COCCOCCCCNS(=O)(=O)C(C)CN. The highest BCUT2D eigenvalue weighted by Crippen LogP contribution is 1.97. The van der Waals surface area contributed by atoms with Crippen molar-refractivity contribution in [2.24, 2.45) is 5.73 Å². The molecule has 0 aromatic carbocycles. The second-order valence-electron chi connectivity index (χ2n) is 3.80. The number of sulfonamides is 1. The minimum absolute atomic E-state index is 0.134. The van der Waals surface area contributed by atoms with Gasteiger partial charge in [-0.3, -0.25) is 0 Å². The predicted octanol–water partition coefficient (Wildman–Crippen LogP) is -0.304. The average molecular weight is 268 g/mol. The van der Waals surface area contributed by atoms with Crippen LogP contribution in [0.4, 0.5) is 0 Å². The molecule has 0 aromatic heterocycles. The molecule has 0 aliphatic rings. The number of unbranched alkanes of at least 4 members (excludes halogenated alkanes) is 1. The summed E-state index contributed by atoms with van der Waals surface area (Å²) in [6.45, 7) is 3.94. The number of rotatable bonds is 11. The quantitative estimate of drug-likeness (QED) is 0.502. The molecule has 0 saturated heterocycles. The predicted molar refractivity (Wildman–Crippen MR) is 67.4 cm³/mol. The van der Waals surface area contributed by atoms with E-state index in [9.17, 15) is 8.42 Å². The fourth-order valence-electron chi connectivity index (χ4n) is 1.06. The van der Waals surface area contributed by atoms with E-state index in [0.717, 1.165) is 12.8 Å². The standard InChI is InChI=1S/C10H24N2O4S/c1-10(9-11)17(13,14)12-5-3-4-6-16-8-7-15-2/h10,12H,3-9,11H2,1-2H3. The van der Waals surface area contributed by atoms with Gasteiger partial charge >= 0.3 is 0 Å². The molecule has 0 saturated carbocycles. The lowest BCUT2D eigenvalue weighted by molar-refractivity contribution is 0.0689. The summed E-state index contributed by atoms with van der Waals surface area (Å²) < 4.78 is 35.6. The van der Waals surface area contributed by atoms with E-state index in [0.29, 0.717) is 26.4 Å². The smallest absolute Gasteiger partial charge is 0.215 e. The van der Waals surface area contributed by atoms with Gasteiger partial charge in [-0.15, -0.1) is 0 Å². The molecule has 7 heteroatoms. The summed E-state index contributed by atoms with van der Waals surface area (Å²) in [7, 11) is -1.63. The zero-order valence-electron chi connectivity index (χ0n) is 10.6. The van der Waals surface area contributed by atoms with E-state index < -0.39 is 15.3 Å². The van der Waals surface area contributed by atoms with Crippen LogP contribution in [0.1, 0.15) is 19.8 Å². The third-order valence-electron chi connectivity index (χ3n) is 2.31. The molecule has 0 aromatic rings. The molecule has 6 nitrogen and oxygen atoms in total. The molecule has 0 aliphatic heterocycles. The van der Waals surface area contributed by atoms with Crippen molar-refractivity contribution in [3.05, 3.63) is 0 Å². The topological polar surface area (TPSA) is 90.6 Å². The van der Waals surface area contributed by atoms with Crippen LogP contribution in [-0.2, 0) is 19.5 Å². The van der Waals surface area contributed by atoms with Crippen molar-refractivity contribution in [3.8, 4) is 0 Å². The molecule has 0 amide bonds. The van der Waals surface area contributed by atoms with Gasteiger partial charge in [0.05, 0.1) is 18.5 Å². The molecule has 0 aliphatic carbocycles. The average Bonchev–Trinajstić information content (AvgIpc) is 2.31. The third-order valence-corrected chi connectivity index (χ3v) is 4.17. The summed E-state index contributed by atoms with van der Waals surface area (Å²) in [6.07, 6.45) is 1.58. The van der Waals surface area contributed by atoms with Crippen LogP contribution in [0, 0.1) is 0 Å². The lowest BCUT2D eigenvalue weighted by Gasteiger charge is -2.11. The molecule has 17 heavy (non-hydrogen) atoms. The molecule has 0 radical (unpaired) electrons. The first kappa shape index (κ1) is 16.8. The van der Waals surface area contributed by atoms with Gasteiger partial charge in [0.15, 0.2) is 0 Å². The first-order valence-electron chi connectivity index (χ1n) is 5.79. The van der Waals surface area contributed by atoms with Gasteiger partial charge in [-0.2, -0.15) is 0 Å². The van der Waals surface area contributed by atoms with Crippen LogP contribution in [0.25, 0.3) is 0 Å². The number of nitrogens with one attached hydrogen (secondary N) is 1. The Morgan fingerprint density at radius 1 is 1.24 bits per heavy atom. The summed E-state index contributed by atoms with van der Waals surface area (Å²) in [5.41, 5.74) is 5.31. The Morgan fingerprint density at radius 2 is 1.94 bits per heavy atom. The molecule has 104 valence electrons. The van der Waals surface area contributed by atoms with Gasteiger partial charge in [-0.25, -0.2) is 13.1 Å². The van der Waals surface area contributed by atoms with Gasteiger partial charge < -0.3 is 15.2 Å². The van der Waals surface area contributed by atoms with Crippen molar-refractivity contribution in [1.82, 2.24) is 4.72 Å². The van der Waals surface area contributed by atoms with Crippen molar-refractivity contribution < 1.29 is 17.9 Å². The number of hydrogen-bond acceptors (Lipinski definition) is 5. The van der Waals surface area contributed by atoms with Crippen molar-refractivity contribution in [2.75, 3.05) is 40.0 Å². The summed E-state index contributed by atoms with van der Waals surface area (Å²) in [5.74, 6) is 0. The highest BCUT2D eigenvalue weighted by atomic mass is 32.2. The van der Waals surface area contributed by atoms with Gasteiger partial charge in [0.2, 0.25) is 10.0 Å². The fraction of sp³-hybridized carbons (Fsp3) is 1.00. The first-order valence-corrected chi connectivity index (χ1v) is 7.34. The van der Waals surface area contributed by atoms with E-state index in [1.54, 1.807) is 14.0 Å². The molecule has 1 unspecified atom stereocenters. The van der Waals surface area contributed by atoms with Crippen LogP contribution in [0.5, 0.6) is 0 Å². The summed E-state index contributed by atoms with van der Waals surface area (Å²) in [6, 6.07) is 0. The molecule has 0 bridgehead atoms. The van der Waals surface area contributed by atoms with Crippen molar-refractivity contribution >= 4 is 10.0 Å². The number of methoxy groups -OCH3 is 1. The van der Waals surface area contributed by atoms with Crippen LogP contribution in [-0.4, -0.2) is 53.7 Å². The van der Waals surface area contributed by atoms with E-state index in [1.807, 2.05) is 0 Å². The fourth-order valence-corrected chi connectivity index (χ4v) is 2.02. The van der Waals surface area contributed by atoms with Crippen LogP contribution in [0.3, 0.4) is 0 Å². The zero-order valence-corrected chi connectivity index (χ0v) is 11.5. The summed E-state index contributed by atoms with van der Waals surface area (Å²) in [5, 5.41) is -0.541. The Balaban J connectivity index is 3.45. The zero-order chi connectivity index (χ0) is 13.1. The van der Waals surface area contributed by atoms with Crippen LogP contribution in [0.2, 0.25) is 0 Å². The second-order valence-corrected chi connectivity index (χ2v) is 5.98. The van der Waals surface area contributed by atoms with E-state index in [1.165, 1.54) is 0 Å². The van der Waals surface area contributed by atoms with Crippen molar-refractivity contribution in [2.45, 2.75) is 25.0 Å². The lowest BCUT2D eigenvalue weighted by Crippen LogP contribution is -2.37. The first-order chi connectivity index (χ1) is 8.04. The Morgan fingerprint density at radius 3 is 2.53 bits per heavy atom. The van der Waals surface area contributed by atoms with Crippen LogP contribution >= 0.6 is 0 Å². The van der Waals surface area contributed by atoms with E-state index in [4.69, 9.17) is 15.2 Å². The largest absolute Gasteiger partial charge is 0.382 e. The maximum Gasteiger partial charge on any atom is 0.215 e. The molecule has 3 N–H and O–H groups in total. The number of ether oxygens (including phenoxy) is 2. The van der Waals surface area contributed by atoms with E-state index >= 15 is 0 Å². The molecule has 0 heterocycles. The normalized spacial score (nSPS) is 13.8. The van der Waals surface area contributed by atoms with Gasteiger partial charge in [0.1, 0.15) is 0 Å². The molecule has 0 rings (SSSR count). The molecular formula is C10H24N2O4S. The molecular weight excluding hydrogens is 244 g/mol. The molecule has 1 atom stereocenters. The Bertz CT molecular complexity index is 269. The Kier molecular flexibility index (Phi) is 9.66. The van der Waals surface area contributed by atoms with Gasteiger partial charge in [0, 0.05) is 26.8 Å². The molecule has 0 fully saturated rings. The number of hydrogen-bond donors (Lipinski definition) is 2. The van der Waals surface area contributed by atoms with Gasteiger partial charge in [0.25, 0.3) is 0 Å². The van der Waals surface area contributed by atoms with E-state index in [2.05, 4.69) is 4.72 Å². The second kappa shape index (κ2) is 9.78. The Labute approximate surface area is 104 Å². The summed E-state index contributed by atoms with van der Waals surface area (Å²) >= 11 is 0. The highest BCUT2D eigenvalue weighted by molar-refractivity contribution is 7.90. The van der Waals surface area contributed by atoms with Crippen molar-refractivity contribution in [1.29, 1.82) is 0 Å². The monoisotopic (exact) mass is 268 g/mol. The number of nitrogens with two attached hydrogens (primary N) is 1.